The summed E-state index contributed by atoms with van der Waals surface area (Å²) >= 11 is 0. The van der Waals surface area contributed by atoms with E-state index in [2.05, 4.69) is 34.1 Å². The van der Waals surface area contributed by atoms with E-state index in [-0.39, 0.29) is 11.9 Å². The van der Waals surface area contributed by atoms with Crippen LogP contribution in [0.2, 0.25) is 0 Å². The van der Waals surface area contributed by atoms with E-state index in [1.807, 2.05) is 47.4 Å². The molecule has 1 saturated heterocycles. The Balaban J connectivity index is 1.33. The van der Waals surface area contributed by atoms with Crippen LogP contribution in [0.3, 0.4) is 0 Å². The maximum atomic E-state index is 13.6. The molecule has 3 aromatic carbocycles. The fraction of sp³-hybridized carbons (Fsp3) is 0.286. The van der Waals surface area contributed by atoms with Crippen LogP contribution in [0.25, 0.3) is 11.1 Å². The highest BCUT2D eigenvalue weighted by Gasteiger charge is 2.37. The zero-order valence-electron chi connectivity index (χ0n) is 19.4. The zero-order valence-corrected chi connectivity index (χ0v) is 19.4. The fourth-order valence-corrected chi connectivity index (χ4v) is 5.19. The molecule has 0 radical (unpaired) electrons. The summed E-state index contributed by atoms with van der Waals surface area (Å²) in [6, 6.07) is 22.1. The van der Waals surface area contributed by atoms with E-state index in [1.165, 1.54) is 11.1 Å². The minimum atomic E-state index is -0.475. The minimum absolute atomic E-state index is 0.0365. The molecule has 1 N–H and O–H groups in total. The van der Waals surface area contributed by atoms with E-state index in [1.54, 1.807) is 0 Å². The second kappa shape index (κ2) is 9.17. The Morgan fingerprint density at radius 1 is 0.857 bits per heavy atom. The molecule has 0 aliphatic carbocycles. The van der Waals surface area contributed by atoms with Crippen molar-refractivity contribution in [2.75, 3.05) is 26.3 Å². The number of hydrogen-bond acceptors (Lipinski definition) is 5. The number of fused-ring (bicyclic) bond motifs is 2. The van der Waals surface area contributed by atoms with Crippen molar-refractivity contribution >= 4 is 17.0 Å². The minimum Gasteiger partial charge on any atom is -0.408 e. The lowest BCUT2D eigenvalue weighted by Crippen LogP contribution is -2.35. The number of carbonyl (C=O) groups excluding carboxylic acids is 1. The predicted molar refractivity (Wildman–Crippen MR) is 132 cm³/mol. The summed E-state index contributed by atoms with van der Waals surface area (Å²) in [6.07, 6.45) is 0.738. The van der Waals surface area contributed by atoms with Gasteiger partial charge in [-0.05, 0) is 46.9 Å². The molecule has 0 saturated carbocycles. The standard InChI is InChI=1S/C28H27N3O4/c32-27-22-8-6-20(17-30-10-12-34-13-11-30)14-23(22)25(15-19-4-2-1-3-5-19)31(27)18-21-7-9-24-26(16-21)35-28(33)29-24/h1-9,14,16,25H,10-13,15,17-18H2,(H,29,33). The lowest BCUT2D eigenvalue weighted by molar-refractivity contribution is 0.0342. The van der Waals surface area contributed by atoms with Gasteiger partial charge >= 0.3 is 5.76 Å². The molecule has 0 bridgehead atoms. The van der Waals surface area contributed by atoms with Gasteiger partial charge in [-0.3, -0.25) is 14.7 Å². The van der Waals surface area contributed by atoms with E-state index >= 15 is 0 Å². The lowest BCUT2D eigenvalue weighted by Gasteiger charge is -2.27. The number of amides is 1. The van der Waals surface area contributed by atoms with Gasteiger partial charge in [-0.15, -0.1) is 0 Å². The highest BCUT2D eigenvalue weighted by Crippen LogP contribution is 2.38. The van der Waals surface area contributed by atoms with E-state index < -0.39 is 5.76 Å². The molecule has 7 heteroatoms. The number of aromatic nitrogens is 1. The number of morpholine rings is 1. The van der Waals surface area contributed by atoms with Gasteiger partial charge in [0.15, 0.2) is 5.58 Å². The number of hydrogen-bond donors (Lipinski definition) is 1. The van der Waals surface area contributed by atoms with Crippen molar-refractivity contribution in [3.63, 3.8) is 0 Å². The maximum Gasteiger partial charge on any atom is 0.417 e. The first-order valence-electron chi connectivity index (χ1n) is 12.0. The summed E-state index contributed by atoms with van der Waals surface area (Å²) in [6.45, 7) is 4.67. The van der Waals surface area contributed by atoms with Crippen molar-refractivity contribution in [2.24, 2.45) is 0 Å². The van der Waals surface area contributed by atoms with Gasteiger partial charge in [0.1, 0.15) is 0 Å². The molecular weight excluding hydrogens is 442 g/mol. The van der Waals surface area contributed by atoms with Crippen LogP contribution in [0.5, 0.6) is 0 Å². The lowest BCUT2D eigenvalue weighted by atomic mass is 9.96. The molecule has 1 atom stereocenters. The van der Waals surface area contributed by atoms with E-state index in [0.717, 1.165) is 56.0 Å². The van der Waals surface area contributed by atoms with Gasteiger partial charge in [0.25, 0.3) is 5.91 Å². The smallest absolute Gasteiger partial charge is 0.408 e. The summed E-state index contributed by atoms with van der Waals surface area (Å²) in [7, 11) is 0. The number of oxazole rings is 1. The summed E-state index contributed by atoms with van der Waals surface area (Å²) in [5, 5.41) is 0. The number of nitrogens with one attached hydrogen (secondary N) is 1. The zero-order chi connectivity index (χ0) is 23.8. The van der Waals surface area contributed by atoms with Gasteiger partial charge in [-0.2, -0.15) is 0 Å². The van der Waals surface area contributed by atoms with Crippen LogP contribution in [-0.2, 0) is 24.2 Å². The van der Waals surface area contributed by atoms with Crippen molar-refractivity contribution < 1.29 is 13.9 Å². The first kappa shape index (κ1) is 21.8. The van der Waals surface area contributed by atoms with Crippen molar-refractivity contribution in [2.45, 2.75) is 25.6 Å². The largest absolute Gasteiger partial charge is 0.417 e. The van der Waals surface area contributed by atoms with Gasteiger partial charge in [0.2, 0.25) is 0 Å². The van der Waals surface area contributed by atoms with Crippen LogP contribution in [0.1, 0.15) is 38.7 Å². The van der Waals surface area contributed by atoms with E-state index in [9.17, 15) is 9.59 Å². The molecule has 2 aliphatic heterocycles. The van der Waals surface area contributed by atoms with Gasteiger partial charge in [0.05, 0.1) is 24.8 Å². The Morgan fingerprint density at radius 3 is 2.46 bits per heavy atom. The van der Waals surface area contributed by atoms with Gasteiger partial charge in [-0.1, -0.05) is 48.5 Å². The summed E-state index contributed by atoms with van der Waals surface area (Å²) in [5.74, 6) is -0.439. The third kappa shape index (κ3) is 4.40. The maximum absolute atomic E-state index is 13.6. The molecule has 0 spiro atoms. The number of ether oxygens (including phenoxy) is 1. The molecule has 1 unspecified atom stereocenters. The summed E-state index contributed by atoms with van der Waals surface area (Å²) < 4.78 is 10.7. The topological polar surface area (TPSA) is 78.8 Å². The fourth-order valence-electron chi connectivity index (χ4n) is 5.19. The van der Waals surface area contributed by atoms with Gasteiger partial charge in [0, 0.05) is 31.7 Å². The van der Waals surface area contributed by atoms with Gasteiger partial charge in [-0.25, -0.2) is 4.79 Å². The first-order valence-corrected chi connectivity index (χ1v) is 12.0. The van der Waals surface area contributed by atoms with Crippen LogP contribution in [-0.4, -0.2) is 47.0 Å². The molecule has 4 aromatic rings. The second-order valence-corrected chi connectivity index (χ2v) is 9.29. The van der Waals surface area contributed by atoms with Crippen molar-refractivity contribution in [3.8, 4) is 0 Å². The number of carbonyl (C=O) groups is 1. The van der Waals surface area contributed by atoms with Crippen molar-refractivity contribution in [1.29, 1.82) is 0 Å². The molecule has 35 heavy (non-hydrogen) atoms. The normalized spacial score (nSPS) is 18.3. The first-order chi connectivity index (χ1) is 17.1. The third-order valence-corrected chi connectivity index (χ3v) is 6.96. The average Bonchev–Trinajstić information content (AvgIpc) is 3.37. The van der Waals surface area contributed by atoms with Gasteiger partial charge < -0.3 is 14.1 Å². The highest BCUT2D eigenvalue weighted by molar-refractivity contribution is 5.99. The molecule has 1 fully saturated rings. The molecule has 6 rings (SSSR count). The third-order valence-electron chi connectivity index (χ3n) is 6.96. The molecular formula is C28H27N3O4. The Bertz CT molecular complexity index is 1420. The molecule has 2 aliphatic rings. The van der Waals surface area contributed by atoms with Crippen LogP contribution in [0, 0.1) is 0 Å². The highest BCUT2D eigenvalue weighted by atomic mass is 16.5. The molecule has 178 valence electrons. The van der Waals surface area contributed by atoms with Crippen LogP contribution in [0.15, 0.2) is 75.9 Å². The summed E-state index contributed by atoms with van der Waals surface area (Å²) in [4.78, 5) is 32.2. The van der Waals surface area contributed by atoms with E-state index in [0.29, 0.717) is 17.6 Å². The van der Waals surface area contributed by atoms with Crippen LogP contribution < -0.4 is 5.76 Å². The van der Waals surface area contributed by atoms with Crippen LogP contribution in [0.4, 0.5) is 0 Å². The molecule has 1 amide bonds. The summed E-state index contributed by atoms with van der Waals surface area (Å²) in [5.41, 5.74) is 6.34. The Morgan fingerprint density at radius 2 is 1.63 bits per heavy atom. The quantitative estimate of drug-likeness (QED) is 0.464. The monoisotopic (exact) mass is 469 g/mol. The van der Waals surface area contributed by atoms with E-state index in [4.69, 9.17) is 9.15 Å². The van der Waals surface area contributed by atoms with Crippen molar-refractivity contribution in [3.05, 3.63) is 105 Å². The Labute approximate surface area is 202 Å². The van der Waals surface area contributed by atoms with Crippen molar-refractivity contribution in [1.82, 2.24) is 14.8 Å². The molecule has 7 nitrogen and oxygen atoms in total. The average molecular weight is 470 g/mol. The molecule has 3 heterocycles. The number of aromatic amines is 1. The number of H-pyrrole nitrogens is 1. The second-order valence-electron chi connectivity index (χ2n) is 9.29. The number of nitrogens with zero attached hydrogens (tertiary/aromatic N) is 2. The van der Waals surface area contributed by atoms with Crippen LogP contribution >= 0.6 is 0 Å². The number of benzene rings is 3. The molecule has 1 aromatic heterocycles. The predicted octanol–water partition coefficient (Wildman–Crippen LogP) is 3.89. The Hall–Kier alpha value is -3.68. The SMILES string of the molecule is O=C1c2ccc(CN3CCOCC3)cc2C(Cc2ccccc2)N1Cc1ccc2[nH]c(=O)oc2c1. The number of rotatable bonds is 6. The Kier molecular flexibility index (Phi) is 5.72.